The van der Waals surface area contributed by atoms with Crippen LogP contribution in [0.15, 0.2) is 12.4 Å². The quantitative estimate of drug-likeness (QED) is 0.890. The molecule has 20 heavy (non-hydrogen) atoms. The fraction of sp³-hybridized carbons (Fsp3) is 0.750. The molecule has 0 aliphatic heterocycles. The number of rotatable bonds is 3. The lowest BCUT2D eigenvalue weighted by Gasteiger charge is -2.39. The summed E-state index contributed by atoms with van der Waals surface area (Å²) in [5, 5.41) is 9.89. The van der Waals surface area contributed by atoms with Crippen molar-refractivity contribution in [3.8, 4) is 0 Å². The molecule has 0 spiro atoms. The first kappa shape index (κ1) is 13.7. The second-order valence-electron chi connectivity index (χ2n) is 6.58. The third kappa shape index (κ3) is 2.89. The predicted molar refractivity (Wildman–Crippen MR) is 77.9 cm³/mol. The number of hydrogen-bond acceptors (Lipinski definition) is 2. The highest BCUT2D eigenvalue weighted by Crippen LogP contribution is 2.42. The molecule has 4 unspecified atom stereocenters. The Kier molecular flexibility index (Phi) is 4.08. The predicted octanol–water partition coefficient (Wildman–Crippen LogP) is 3.19. The normalized spacial score (nSPS) is 31.4. The van der Waals surface area contributed by atoms with Crippen molar-refractivity contribution in [1.29, 1.82) is 0 Å². The Hall–Kier alpha value is -1.32. The molecule has 2 saturated carbocycles. The fourth-order valence-electron chi connectivity index (χ4n) is 4.02. The molecule has 0 aromatic carbocycles. The van der Waals surface area contributed by atoms with Gasteiger partial charge in [-0.05, 0) is 38.0 Å². The van der Waals surface area contributed by atoms with Crippen LogP contribution in [-0.2, 0) is 4.79 Å². The number of aromatic amines is 1. The van der Waals surface area contributed by atoms with Crippen LogP contribution in [0.4, 0.5) is 0 Å². The number of H-pyrrole nitrogens is 1. The van der Waals surface area contributed by atoms with E-state index in [4.69, 9.17) is 0 Å². The average Bonchev–Trinajstić information content (AvgIpc) is 3.01. The van der Waals surface area contributed by atoms with Gasteiger partial charge in [-0.15, -0.1) is 0 Å². The van der Waals surface area contributed by atoms with E-state index in [1.54, 1.807) is 6.20 Å². The Morgan fingerprint density at radius 1 is 1.30 bits per heavy atom. The maximum atomic E-state index is 12.4. The van der Waals surface area contributed by atoms with E-state index in [-0.39, 0.29) is 17.9 Å². The van der Waals surface area contributed by atoms with Crippen LogP contribution < -0.4 is 5.32 Å². The van der Waals surface area contributed by atoms with E-state index in [9.17, 15) is 4.79 Å². The minimum absolute atomic E-state index is 0.0466. The fourth-order valence-corrected chi connectivity index (χ4v) is 4.02. The van der Waals surface area contributed by atoms with Gasteiger partial charge >= 0.3 is 0 Å². The van der Waals surface area contributed by atoms with E-state index in [2.05, 4.69) is 15.5 Å². The Morgan fingerprint density at radius 3 is 2.85 bits per heavy atom. The number of aromatic nitrogens is 2. The second-order valence-corrected chi connectivity index (χ2v) is 6.58. The van der Waals surface area contributed by atoms with Crippen molar-refractivity contribution in [1.82, 2.24) is 15.5 Å². The number of amides is 1. The standard InChI is InChI=1S/C16H25N3O/c1-11(15-9-17-18-10-15)19-16(20)14-7-6-12-4-2-3-5-13(12)8-14/h9-14H,2-8H2,1H3,(H,17,18)(H,19,20). The summed E-state index contributed by atoms with van der Waals surface area (Å²) in [6, 6.07) is 0.0466. The van der Waals surface area contributed by atoms with Crippen molar-refractivity contribution in [3.05, 3.63) is 18.0 Å². The van der Waals surface area contributed by atoms with Gasteiger partial charge in [0.1, 0.15) is 0 Å². The number of nitrogens with one attached hydrogen (secondary N) is 2. The van der Waals surface area contributed by atoms with E-state index in [0.717, 1.165) is 30.2 Å². The topological polar surface area (TPSA) is 57.8 Å². The van der Waals surface area contributed by atoms with Gasteiger partial charge in [-0.1, -0.05) is 25.7 Å². The van der Waals surface area contributed by atoms with Gasteiger partial charge in [0.2, 0.25) is 5.91 Å². The van der Waals surface area contributed by atoms with Gasteiger partial charge in [-0.2, -0.15) is 5.10 Å². The van der Waals surface area contributed by atoms with Crippen LogP contribution >= 0.6 is 0 Å². The Morgan fingerprint density at radius 2 is 2.10 bits per heavy atom. The van der Waals surface area contributed by atoms with Crippen molar-refractivity contribution in [2.45, 2.75) is 57.9 Å². The number of carbonyl (C=O) groups excluding carboxylic acids is 1. The van der Waals surface area contributed by atoms with Crippen molar-refractivity contribution in [2.24, 2.45) is 17.8 Å². The Balaban J connectivity index is 1.55. The van der Waals surface area contributed by atoms with Gasteiger partial charge in [0, 0.05) is 17.7 Å². The maximum Gasteiger partial charge on any atom is 0.223 e. The van der Waals surface area contributed by atoms with Crippen LogP contribution in [-0.4, -0.2) is 16.1 Å². The first-order valence-corrected chi connectivity index (χ1v) is 8.03. The molecule has 0 saturated heterocycles. The van der Waals surface area contributed by atoms with Crippen LogP contribution in [0.3, 0.4) is 0 Å². The summed E-state index contributed by atoms with van der Waals surface area (Å²) in [5.74, 6) is 2.17. The molecule has 0 radical (unpaired) electrons. The molecule has 1 aromatic heterocycles. The minimum Gasteiger partial charge on any atom is -0.349 e. The van der Waals surface area contributed by atoms with Crippen LogP contribution in [0.1, 0.15) is 63.5 Å². The summed E-state index contributed by atoms with van der Waals surface area (Å²) in [6.45, 7) is 2.02. The van der Waals surface area contributed by atoms with Gasteiger partial charge in [-0.25, -0.2) is 0 Å². The molecular formula is C16H25N3O. The van der Waals surface area contributed by atoms with Crippen LogP contribution in [0.2, 0.25) is 0 Å². The first-order valence-electron chi connectivity index (χ1n) is 8.03. The van der Waals surface area contributed by atoms with Crippen LogP contribution in [0, 0.1) is 17.8 Å². The van der Waals surface area contributed by atoms with Crippen molar-refractivity contribution in [2.75, 3.05) is 0 Å². The Labute approximate surface area is 120 Å². The zero-order chi connectivity index (χ0) is 13.9. The van der Waals surface area contributed by atoms with Gasteiger partial charge in [0.15, 0.2) is 0 Å². The molecule has 4 nitrogen and oxygen atoms in total. The zero-order valence-corrected chi connectivity index (χ0v) is 12.3. The van der Waals surface area contributed by atoms with E-state index in [1.165, 1.54) is 32.1 Å². The summed E-state index contributed by atoms with van der Waals surface area (Å²) < 4.78 is 0. The number of hydrogen-bond donors (Lipinski definition) is 2. The highest BCUT2D eigenvalue weighted by molar-refractivity contribution is 5.79. The van der Waals surface area contributed by atoms with Gasteiger partial charge < -0.3 is 5.32 Å². The lowest BCUT2D eigenvalue weighted by molar-refractivity contribution is -0.127. The van der Waals surface area contributed by atoms with Crippen LogP contribution in [0.25, 0.3) is 0 Å². The highest BCUT2D eigenvalue weighted by Gasteiger charge is 2.35. The molecule has 2 aliphatic carbocycles. The molecule has 4 atom stereocenters. The minimum atomic E-state index is 0.0466. The molecule has 2 aliphatic rings. The molecule has 0 bridgehead atoms. The highest BCUT2D eigenvalue weighted by atomic mass is 16.1. The molecule has 1 amide bonds. The largest absolute Gasteiger partial charge is 0.349 e. The van der Waals surface area contributed by atoms with Gasteiger partial charge in [0.05, 0.1) is 12.2 Å². The monoisotopic (exact) mass is 275 g/mol. The lowest BCUT2D eigenvalue weighted by atomic mass is 9.67. The molecule has 1 heterocycles. The molecular weight excluding hydrogens is 250 g/mol. The zero-order valence-electron chi connectivity index (χ0n) is 12.3. The average molecular weight is 275 g/mol. The summed E-state index contributed by atoms with van der Waals surface area (Å²) >= 11 is 0. The van der Waals surface area contributed by atoms with E-state index < -0.39 is 0 Å². The summed E-state index contributed by atoms with van der Waals surface area (Å²) in [7, 11) is 0. The summed E-state index contributed by atoms with van der Waals surface area (Å²) in [5.41, 5.74) is 1.05. The number of fused-ring (bicyclic) bond motifs is 1. The van der Waals surface area contributed by atoms with Crippen molar-refractivity contribution < 1.29 is 4.79 Å². The van der Waals surface area contributed by atoms with E-state index in [0.29, 0.717) is 0 Å². The van der Waals surface area contributed by atoms with Crippen molar-refractivity contribution >= 4 is 5.91 Å². The molecule has 4 heteroatoms. The summed E-state index contributed by atoms with van der Waals surface area (Å²) in [4.78, 5) is 12.4. The van der Waals surface area contributed by atoms with Gasteiger partial charge in [-0.3, -0.25) is 9.89 Å². The lowest BCUT2D eigenvalue weighted by Crippen LogP contribution is -2.38. The maximum absolute atomic E-state index is 12.4. The molecule has 110 valence electrons. The number of carbonyl (C=O) groups is 1. The third-order valence-electron chi connectivity index (χ3n) is 5.29. The molecule has 2 fully saturated rings. The second kappa shape index (κ2) is 5.98. The number of nitrogens with zero attached hydrogens (tertiary/aromatic N) is 1. The van der Waals surface area contributed by atoms with Crippen LogP contribution in [0.5, 0.6) is 0 Å². The third-order valence-corrected chi connectivity index (χ3v) is 5.29. The van der Waals surface area contributed by atoms with E-state index >= 15 is 0 Å². The molecule has 3 rings (SSSR count). The molecule has 2 N–H and O–H groups in total. The Bertz CT molecular complexity index is 443. The van der Waals surface area contributed by atoms with Crippen molar-refractivity contribution in [3.63, 3.8) is 0 Å². The first-order chi connectivity index (χ1) is 9.74. The molecule has 1 aromatic rings. The SMILES string of the molecule is CC(NC(=O)C1CCC2CCCCC2C1)c1cn[nH]c1. The van der Waals surface area contributed by atoms with E-state index in [1.807, 2.05) is 13.1 Å². The van der Waals surface area contributed by atoms with Gasteiger partial charge in [0.25, 0.3) is 0 Å². The summed E-state index contributed by atoms with van der Waals surface area (Å²) in [6.07, 6.45) is 12.6. The smallest absolute Gasteiger partial charge is 0.223 e.